The first kappa shape index (κ1) is 23.9. The Morgan fingerprint density at radius 2 is 1.12 bits per heavy atom. The zero-order valence-electron chi connectivity index (χ0n) is 15.9. The predicted molar refractivity (Wildman–Crippen MR) is 102 cm³/mol. The van der Waals surface area contributed by atoms with Crippen molar-refractivity contribution in [2.75, 3.05) is 0 Å². The fourth-order valence-corrected chi connectivity index (χ4v) is 4.14. The molecule has 146 valence electrons. The highest BCUT2D eigenvalue weighted by Crippen LogP contribution is 2.17. The largest absolute Gasteiger partial charge is 0.393 e. The molecule has 0 aromatic rings. The van der Waals surface area contributed by atoms with E-state index in [1.54, 1.807) is 6.92 Å². The Bertz CT molecular complexity index is 366. The molecule has 0 spiro atoms. The first-order valence-corrected chi connectivity index (χ1v) is 11.5. The average molecular weight is 365 g/mol. The van der Waals surface area contributed by atoms with Gasteiger partial charge in [0.25, 0.3) is 10.1 Å². The van der Waals surface area contributed by atoms with Crippen molar-refractivity contribution < 1.29 is 18.1 Å². The van der Waals surface area contributed by atoms with Gasteiger partial charge in [0, 0.05) is 0 Å². The molecule has 2 atom stereocenters. The SMILES string of the molecule is CCCCCCCCCCCCCCCC(CC(C)O)S(=O)(=O)O. The van der Waals surface area contributed by atoms with E-state index in [0.717, 1.165) is 19.3 Å². The van der Waals surface area contributed by atoms with E-state index in [4.69, 9.17) is 0 Å². The van der Waals surface area contributed by atoms with Crippen molar-refractivity contribution >= 4 is 10.1 Å². The van der Waals surface area contributed by atoms with E-state index in [1.165, 1.54) is 64.2 Å². The molecular weight excluding hydrogens is 324 g/mol. The van der Waals surface area contributed by atoms with Crippen LogP contribution in [0.25, 0.3) is 0 Å². The normalized spacial score (nSPS) is 14.7. The molecule has 0 aromatic heterocycles. The molecule has 0 amide bonds. The maximum absolute atomic E-state index is 11.3. The Morgan fingerprint density at radius 3 is 1.46 bits per heavy atom. The van der Waals surface area contributed by atoms with Crippen LogP contribution in [0.2, 0.25) is 0 Å². The van der Waals surface area contributed by atoms with Crippen molar-refractivity contribution in [2.24, 2.45) is 0 Å². The molecule has 0 aliphatic carbocycles. The summed E-state index contributed by atoms with van der Waals surface area (Å²) in [7, 11) is -4.04. The second-order valence-corrected chi connectivity index (χ2v) is 8.95. The zero-order chi connectivity index (χ0) is 18.3. The summed E-state index contributed by atoms with van der Waals surface area (Å²) in [5.74, 6) is 0. The minimum atomic E-state index is -4.04. The molecule has 2 unspecified atom stereocenters. The van der Waals surface area contributed by atoms with Gasteiger partial charge in [0.2, 0.25) is 0 Å². The molecule has 0 rings (SSSR count). The smallest absolute Gasteiger partial charge is 0.267 e. The van der Waals surface area contributed by atoms with Gasteiger partial charge < -0.3 is 5.11 Å². The standard InChI is InChI=1S/C19H40O4S/c1-3-4-5-6-7-8-9-10-11-12-13-14-15-16-19(17-18(2)20)24(21,22)23/h18-20H,3-17H2,1-2H3,(H,21,22,23). The maximum atomic E-state index is 11.3. The van der Waals surface area contributed by atoms with E-state index in [2.05, 4.69) is 6.92 Å². The first-order valence-electron chi connectivity index (χ1n) is 10.0. The molecule has 0 bridgehead atoms. The third-order valence-corrected chi connectivity index (χ3v) is 5.93. The van der Waals surface area contributed by atoms with Gasteiger partial charge in [0.15, 0.2) is 0 Å². The number of aliphatic hydroxyl groups excluding tert-OH is 1. The van der Waals surface area contributed by atoms with Gasteiger partial charge >= 0.3 is 0 Å². The average Bonchev–Trinajstić information content (AvgIpc) is 2.49. The van der Waals surface area contributed by atoms with Gasteiger partial charge in [-0.3, -0.25) is 4.55 Å². The Hall–Kier alpha value is -0.130. The molecule has 5 heteroatoms. The van der Waals surface area contributed by atoms with Crippen molar-refractivity contribution in [1.82, 2.24) is 0 Å². The van der Waals surface area contributed by atoms with E-state index < -0.39 is 21.5 Å². The van der Waals surface area contributed by atoms with Crippen molar-refractivity contribution in [3.05, 3.63) is 0 Å². The lowest BCUT2D eigenvalue weighted by Crippen LogP contribution is -2.24. The highest BCUT2D eigenvalue weighted by atomic mass is 32.2. The van der Waals surface area contributed by atoms with E-state index in [-0.39, 0.29) is 6.42 Å². The molecule has 2 N–H and O–H groups in total. The quantitative estimate of drug-likeness (QED) is 0.264. The van der Waals surface area contributed by atoms with Gasteiger partial charge in [-0.15, -0.1) is 0 Å². The summed E-state index contributed by atoms with van der Waals surface area (Å²) in [6.07, 6.45) is 16.1. The fourth-order valence-electron chi connectivity index (χ4n) is 3.16. The zero-order valence-corrected chi connectivity index (χ0v) is 16.7. The Morgan fingerprint density at radius 1 is 0.750 bits per heavy atom. The summed E-state index contributed by atoms with van der Waals surface area (Å²) in [6.45, 7) is 3.80. The Kier molecular flexibility index (Phi) is 15.1. The van der Waals surface area contributed by atoms with Crippen molar-refractivity contribution in [3.8, 4) is 0 Å². The lowest BCUT2D eigenvalue weighted by Gasteiger charge is -2.15. The predicted octanol–water partition coefficient (Wildman–Crippen LogP) is 5.50. The molecule has 24 heavy (non-hydrogen) atoms. The number of hydrogen-bond donors (Lipinski definition) is 2. The summed E-state index contributed by atoms with van der Waals surface area (Å²) in [5, 5.41) is 8.50. The molecule has 0 saturated carbocycles. The maximum Gasteiger partial charge on any atom is 0.267 e. The molecule has 4 nitrogen and oxygen atoms in total. The fraction of sp³-hybridized carbons (Fsp3) is 1.00. The van der Waals surface area contributed by atoms with Crippen LogP contribution >= 0.6 is 0 Å². The van der Waals surface area contributed by atoms with Crippen molar-refractivity contribution in [1.29, 1.82) is 0 Å². The molecule has 0 aromatic carbocycles. The Labute approximate surface area is 150 Å². The summed E-state index contributed by atoms with van der Waals surface area (Å²) in [6, 6.07) is 0. The summed E-state index contributed by atoms with van der Waals surface area (Å²) >= 11 is 0. The van der Waals surface area contributed by atoms with E-state index in [9.17, 15) is 18.1 Å². The molecule has 0 fully saturated rings. The number of rotatable bonds is 17. The molecule has 0 radical (unpaired) electrons. The van der Waals surface area contributed by atoms with Crippen LogP contribution in [0, 0.1) is 0 Å². The molecule has 0 aliphatic rings. The highest BCUT2D eigenvalue weighted by molar-refractivity contribution is 7.86. The van der Waals surface area contributed by atoms with Crippen molar-refractivity contribution in [2.45, 2.75) is 122 Å². The topological polar surface area (TPSA) is 74.6 Å². The van der Waals surface area contributed by atoms with Gasteiger partial charge in [0.05, 0.1) is 11.4 Å². The van der Waals surface area contributed by atoms with Crippen LogP contribution in [0.3, 0.4) is 0 Å². The lowest BCUT2D eigenvalue weighted by atomic mass is 10.0. The minimum Gasteiger partial charge on any atom is -0.393 e. The van der Waals surface area contributed by atoms with Crippen LogP contribution in [0.15, 0.2) is 0 Å². The number of aliphatic hydroxyl groups is 1. The molecular formula is C19H40O4S. The molecule has 0 aliphatic heterocycles. The van der Waals surface area contributed by atoms with Gasteiger partial charge in [0.1, 0.15) is 0 Å². The number of unbranched alkanes of at least 4 members (excludes halogenated alkanes) is 12. The second kappa shape index (κ2) is 15.2. The Balaban J connectivity index is 3.46. The van der Waals surface area contributed by atoms with Gasteiger partial charge in [-0.1, -0.05) is 90.4 Å². The monoisotopic (exact) mass is 364 g/mol. The van der Waals surface area contributed by atoms with Crippen molar-refractivity contribution in [3.63, 3.8) is 0 Å². The lowest BCUT2D eigenvalue weighted by molar-refractivity contribution is 0.179. The summed E-state index contributed by atoms with van der Waals surface area (Å²) in [4.78, 5) is 0. The summed E-state index contributed by atoms with van der Waals surface area (Å²) < 4.78 is 31.7. The molecule has 0 saturated heterocycles. The minimum absolute atomic E-state index is 0.122. The third kappa shape index (κ3) is 15.4. The van der Waals surface area contributed by atoms with Crippen LogP contribution in [-0.2, 0) is 10.1 Å². The van der Waals surface area contributed by atoms with Gasteiger partial charge in [-0.25, -0.2) is 0 Å². The highest BCUT2D eigenvalue weighted by Gasteiger charge is 2.23. The van der Waals surface area contributed by atoms with E-state index >= 15 is 0 Å². The first-order chi connectivity index (χ1) is 11.4. The van der Waals surface area contributed by atoms with Crippen LogP contribution in [0.5, 0.6) is 0 Å². The second-order valence-electron chi connectivity index (χ2n) is 7.25. The van der Waals surface area contributed by atoms with Crippen LogP contribution in [-0.4, -0.2) is 29.4 Å². The number of hydrogen-bond acceptors (Lipinski definition) is 3. The van der Waals surface area contributed by atoms with Gasteiger partial charge in [-0.05, 0) is 19.8 Å². The van der Waals surface area contributed by atoms with Crippen LogP contribution in [0.1, 0.15) is 110 Å². The van der Waals surface area contributed by atoms with Gasteiger partial charge in [-0.2, -0.15) is 8.42 Å². The third-order valence-electron chi connectivity index (χ3n) is 4.65. The van der Waals surface area contributed by atoms with E-state index in [1.807, 2.05) is 0 Å². The molecule has 0 heterocycles. The van der Waals surface area contributed by atoms with Crippen LogP contribution < -0.4 is 0 Å². The van der Waals surface area contributed by atoms with Crippen LogP contribution in [0.4, 0.5) is 0 Å². The van der Waals surface area contributed by atoms with E-state index in [0.29, 0.717) is 6.42 Å². The summed E-state index contributed by atoms with van der Waals surface area (Å²) in [5.41, 5.74) is 0.